The summed E-state index contributed by atoms with van der Waals surface area (Å²) in [5, 5.41) is 23.0. The molecule has 3 N–H and O–H groups in total. The van der Waals surface area contributed by atoms with Crippen LogP contribution in [0.3, 0.4) is 0 Å². The zero-order valence-corrected chi connectivity index (χ0v) is 14.1. The second-order valence-electron chi connectivity index (χ2n) is 5.86. The van der Waals surface area contributed by atoms with Crippen LogP contribution < -0.4 is 5.32 Å². The van der Waals surface area contributed by atoms with E-state index in [9.17, 15) is 19.8 Å². The molecule has 1 aromatic rings. The summed E-state index contributed by atoms with van der Waals surface area (Å²) in [6, 6.07) is 8.36. The van der Waals surface area contributed by atoms with Crippen molar-refractivity contribution in [3.63, 3.8) is 0 Å². The SMILES string of the molecule is CC(=O)N[C@@H]1[C@@H](OC(C)=O)[C@H](O)[C@@H](COCc2ccccc2)O[C@@H]1O. The number of carbonyl (C=O) groups excluding carboxylic acids is 2. The Kier molecular flexibility index (Phi) is 6.89. The molecule has 1 fully saturated rings. The molecule has 0 bridgehead atoms. The minimum atomic E-state index is -1.44. The average Bonchev–Trinajstić information content (AvgIpc) is 2.55. The topological polar surface area (TPSA) is 114 Å². The lowest BCUT2D eigenvalue weighted by molar-refractivity contribution is -0.261. The van der Waals surface area contributed by atoms with Gasteiger partial charge in [-0.1, -0.05) is 30.3 Å². The molecule has 8 heteroatoms. The molecule has 138 valence electrons. The van der Waals surface area contributed by atoms with Crippen molar-refractivity contribution in [1.29, 1.82) is 0 Å². The molecule has 0 unspecified atom stereocenters. The van der Waals surface area contributed by atoms with Crippen molar-refractivity contribution < 1.29 is 34.0 Å². The monoisotopic (exact) mass is 353 g/mol. The van der Waals surface area contributed by atoms with Crippen molar-refractivity contribution in [3.8, 4) is 0 Å². The van der Waals surface area contributed by atoms with E-state index in [0.717, 1.165) is 5.56 Å². The summed E-state index contributed by atoms with van der Waals surface area (Å²) >= 11 is 0. The maximum Gasteiger partial charge on any atom is 0.303 e. The van der Waals surface area contributed by atoms with E-state index in [4.69, 9.17) is 14.2 Å². The Bertz CT molecular complexity index is 580. The highest BCUT2D eigenvalue weighted by molar-refractivity contribution is 5.73. The molecule has 0 radical (unpaired) electrons. The van der Waals surface area contributed by atoms with Gasteiger partial charge in [-0.25, -0.2) is 0 Å². The van der Waals surface area contributed by atoms with Crippen LogP contribution in [0.25, 0.3) is 0 Å². The highest BCUT2D eigenvalue weighted by Crippen LogP contribution is 2.23. The fraction of sp³-hybridized carbons (Fsp3) is 0.529. The summed E-state index contributed by atoms with van der Waals surface area (Å²) in [6.07, 6.45) is -4.76. The summed E-state index contributed by atoms with van der Waals surface area (Å²) in [6.45, 7) is 2.72. The molecule has 25 heavy (non-hydrogen) atoms. The van der Waals surface area contributed by atoms with E-state index >= 15 is 0 Å². The fourth-order valence-electron chi connectivity index (χ4n) is 2.66. The van der Waals surface area contributed by atoms with Gasteiger partial charge in [-0.15, -0.1) is 0 Å². The Morgan fingerprint density at radius 2 is 1.88 bits per heavy atom. The number of carbonyl (C=O) groups is 2. The van der Waals surface area contributed by atoms with Gasteiger partial charge in [-0.05, 0) is 5.56 Å². The van der Waals surface area contributed by atoms with Crippen LogP contribution in [-0.2, 0) is 30.4 Å². The average molecular weight is 353 g/mol. The Morgan fingerprint density at radius 3 is 2.48 bits per heavy atom. The van der Waals surface area contributed by atoms with Crippen LogP contribution in [0.5, 0.6) is 0 Å². The summed E-state index contributed by atoms with van der Waals surface area (Å²) in [4.78, 5) is 22.6. The number of benzene rings is 1. The predicted molar refractivity (Wildman–Crippen MR) is 86.1 cm³/mol. The number of amides is 1. The minimum Gasteiger partial charge on any atom is -0.457 e. The maximum atomic E-state index is 11.3. The van der Waals surface area contributed by atoms with Gasteiger partial charge < -0.3 is 29.7 Å². The van der Waals surface area contributed by atoms with Crippen molar-refractivity contribution >= 4 is 11.9 Å². The standard InChI is InChI=1S/C17H23NO7/c1-10(19)18-14-16(24-11(2)20)15(21)13(25-17(14)22)9-23-8-12-6-4-3-5-7-12/h3-7,13-17,21-22H,8-9H2,1-2H3,(H,18,19)/t13-,14-,15-,16-,17+/m1/s1. The molecule has 8 nitrogen and oxygen atoms in total. The van der Waals surface area contributed by atoms with Gasteiger partial charge in [-0.3, -0.25) is 9.59 Å². The Hall–Kier alpha value is -2.00. The van der Waals surface area contributed by atoms with Gasteiger partial charge in [0.05, 0.1) is 13.2 Å². The van der Waals surface area contributed by atoms with Gasteiger partial charge in [0.1, 0.15) is 18.2 Å². The molecule has 1 amide bonds. The Morgan fingerprint density at radius 1 is 1.20 bits per heavy atom. The number of nitrogens with one attached hydrogen (secondary N) is 1. The van der Waals surface area contributed by atoms with Crippen LogP contribution in [-0.4, -0.2) is 59.3 Å². The fourth-order valence-corrected chi connectivity index (χ4v) is 2.66. The number of hydrogen-bond acceptors (Lipinski definition) is 7. The second kappa shape index (κ2) is 8.91. The lowest BCUT2D eigenvalue weighted by atomic mass is 9.96. The largest absolute Gasteiger partial charge is 0.457 e. The first kappa shape index (κ1) is 19.3. The molecule has 0 aliphatic carbocycles. The molecule has 5 atom stereocenters. The molecular weight excluding hydrogens is 330 g/mol. The zero-order chi connectivity index (χ0) is 18.4. The number of ether oxygens (including phenoxy) is 3. The van der Waals surface area contributed by atoms with Gasteiger partial charge in [0.15, 0.2) is 12.4 Å². The molecule has 0 saturated carbocycles. The number of aliphatic hydroxyl groups excluding tert-OH is 2. The van der Waals surface area contributed by atoms with E-state index in [1.807, 2.05) is 30.3 Å². The van der Waals surface area contributed by atoms with Crippen molar-refractivity contribution in [1.82, 2.24) is 5.32 Å². The highest BCUT2D eigenvalue weighted by atomic mass is 16.6. The third kappa shape index (κ3) is 5.50. The number of aliphatic hydroxyl groups is 2. The van der Waals surface area contributed by atoms with E-state index in [2.05, 4.69) is 5.32 Å². The van der Waals surface area contributed by atoms with Crippen molar-refractivity contribution in [2.24, 2.45) is 0 Å². The molecule has 0 spiro atoms. The van der Waals surface area contributed by atoms with Crippen molar-refractivity contribution in [2.45, 2.75) is 51.1 Å². The van der Waals surface area contributed by atoms with Crippen LogP contribution in [0.1, 0.15) is 19.4 Å². The van der Waals surface area contributed by atoms with E-state index in [1.165, 1.54) is 13.8 Å². The molecule has 1 aliphatic rings. The van der Waals surface area contributed by atoms with Gasteiger partial charge in [0.2, 0.25) is 5.91 Å². The van der Waals surface area contributed by atoms with Crippen LogP contribution in [0, 0.1) is 0 Å². The Labute approximate surface area is 145 Å². The van der Waals surface area contributed by atoms with Crippen molar-refractivity contribution in [3.05, 3.63) is 35.9 Å². The molecule has 2 rings (SSSR count). The predicted octanol–water partition coefficient (Wildman–Crippen LogP) is -0.282. The summed E-state index contributed by atoms with van der Waals surface area (Å²) < 4.78 is 15.9. The lowest BCUT2D eigenvalue weighted by Crippen LogP contribution is -2.65. The first-order valence-electron chi connectivity index (χ1n) is 7.96. The molecular formula is C17H23NO7. The Balaban J connectivity index is 1.99. The quantitative estimate of drug-likeness (QED) is 0.603. The van der Waals surface area contributed by atoms with Gasteiger partial charge in [0.25, 0.3) is 0 Å². The lowest BCUT2D eigenvalue weighted by Gasteiger charge is -2.42. The summed E-state index contributed by atoms with van der Waals surface area (Å²) in [5.74, 6) is -1.09. The smallest absolute Gasteiger partial charge is 0.303 e. The molecule has 1 aliphatic heterocycles. The van der Waals surface area contributed by atoms with Crippen LogP contribution in [0.2, 0.25) is 0 Å². The van der Waals surface area contributed by atoms with Gasteiger partial charge >= 0.3 is 5.97 Å². The molecule has 0 aromatic heterocycles. The van der Waals surface area contributed by atoms with E-state index in [1.54, 1.807) is 0 Å². The summed E-state index contributed by atoms with van der Waals surface area (Å²) in [5.41, 5.74) is 0.945. The molecule has 1 saturated heterocycles. The van der Waals surface area contributed by atoms with E-state index < -0.39 is 42.5 Å². The third-order valence-corrected chi connectivity index (χ3v) is 3.76. The molecule has 1 aromatic carbocycles. The number of esters is 1. The van der Waals surface area contributed by atoms with Gasteiger partial charge in [-0.2, -0.15) is 0 Å². The third-order valence-electron chi connectivity index (χ3n) is 3.76. The normalized spacial score (nSPS) is 29.0. The maximum absolute atomic E-state index is 11.3. The first-order chi connectivity index (χ1) is 11.9. The minimum absolute atomic E-state index is 0.0162. The number of rotatable bonds is 6. The first-order valence-corrected chi connectivity index (χ1v) is 7.96. The number of hydrogen-bond donors (Lipinski definition) is 3. The van der Waals surface area contributed by atoms with Crippen molar-refractivity contribution in [2.75, 3.05) is 6.61 Å². The van der Waals surface area contributed by atoms with Crippen LogP contribution >= 0.6 is 0 Å². The summed E-state index contributed by atoms with van der Waals surface area (Å²) in [7, 11) is 0. The second-order valence-corrected chi connectivity index (χ2v) is 5.86. The highest BCUT2D eigenvalue weighted by Gasteiger charge is 2.47. The molecule has 1 heterocycles. The van der Waals surface area contributed by atoms with Crippen LogP contribution in [0.15, 0.2) is 30.3 Å². The zero-order valence-electron chi connectivity index (χ0n) is 14.1. The van der Waals surface area contributed by atoms with Gasteiger partial charge in [0, 0.05) is 13.8 Å². The van der Waals surface area contributed by atoms with Crippen LogP contribution in [0.4, 0.5) is 0 Å². The van der Waals surface area contributed by atoms with E-state index in [0.29, 0.717) is 6.61 Å². The van der Waals surface area contributed by atoms with E-state index in [-0.39, 0.29) is 6.61 Å².